The number of primary amides is 1. The number of imidazole rings is 1. The quantitative estimate of drug-likeness (QED) is 0.0992. The Labute approximate surface area is 310 Å². The van der Waals surface area contributed by atoms with Gasteiger partial charge < -0.3 is 25.5 Å². The van der Waals surface area contributed by atoms with Crippen LogP contribution in [0.5, 0.6) is 0 Å². The molecular weight excluding hydrogens is 659 g/mol. The second kappa shape index (κ2) is 15.0. The van der Waals surface area contributed by atoms with Gasteiger partial charge in [0.15, 0.2) is 5.82 Å². The van der Waals surface area contributed by atoms with Crippen molar-refractivity contribution in [2.45, 2.75) is 57.9 Å². The number of nitrogens with two attached hydrogens (primary N) is 1. The lowest BCUT2D eigenvalue weighted by atomic mass is 9.77. The maximum absolute atomic E-state index is 11.5. The van der Waals surface area contributed by atoms with E-state index in [9.17, 15) is 9.90 Å². The fourth-order valence-corrected chi connectivity index (χ4v) is 7.21. The van der Waals surface area contributed by atoms with E-state index in [0.717, 1.165) is 49.8 Å². The molecule has 2 aromatic heterocycles. The highest BCUT2D eigenvalue weighted by atomic mass is 16.5. The highest BCUT2D eigenvalue weighted by Crippen LogP contribution is 2.42. The lowest BCUT2D eigenvalue weighted by Crippen LogP contribution is -2.38. The number of benzene rings is 5. The molecule has 8 nitrogen and oxygen atoms in total. The van der Waals surface area contributed by atoms with Crippen molar-refractivity contribution in [3.63, 3.8) is 0 Å². The highest BCUT2D eigenvalue weighted by molar-refractivity contribution is 6.07. The van der Waals surface area contributed by atoms with Crippen LogP contribution in [0.2, 0.25) is 0 Å². The Morgan fingerprint density at radius 1 is 0.774 bits per heavy atom. The normalized spacial score (nSPS) is 12.0. The molecule has 0 saturated heterocycles. The zero-order chi connectivity index (χ0) is 37.0. The lowest BCUT2D eigenvalue weighted by molar-refractivity contribution is -0.117. The summed E-state index contributed by atoms with van der Waals surface area (Å²) in [6.45, 7) is 6.71. The molecule has 0 saturated carbocycles. The van der Waals surface area contributed by atoms with E-state index >= 15 is 0 Å². The fraction of sp³-hybridized carbons (Fsp3) is 0.222. The van der Waals surface area contributed by atoms with Crippen molar-refractivity contribution < 1.29 is 14.6 Å². The number of fused-ring (bicyclic) bond motifs is 3. The zero-order valence-corrected chi connectivity index (χ0v) is 30.4. The number of hydrogen-bond donors (Lipinski definition) is 3. The van der Waals surface area contributed by atoms with Gasteiger partial charge in [-0.3, -0.25) is 4.79 Å². The molecule has 1 amide bonds. The maximum Gasteiger partial charge on any atom is 0.221 e. The molecule has 0 aliphatic heterocycles. The molecule has 8 heteroatoms. The van der Waals surface area contributed by atoms with Crippen molar-refractivity contribution in [2.24, 2.45) is 5.73 Å². The van der Waals surface area contributed by atoms with E-state index in [4.69, 9.17) is 20.4 Å². The van der Waals surface area contributed by atoms with Gasteiger partial charge >= 0.3 is 0 Å². The Balaban J connectivity index is 1.47. The predicted molar refractivity (Wildman–Crippen MR) is 212 cm³/mol. The van der Waals surface area contributed by atoms with E-state index in [2.05, 4.69) is 101 Å². The van der Waals surface area contributed by atoms with Crippen LogP contribution in [-0.2, 0) is 41.1 Å². The molecule has 7 aromatic rings. The number of carbonyl (C=O) groups is 1. The topological polar surface area (TPSA) is 115 Å². The number of pyridine rings is 1. The molecule has 0 atom stereocenters. The van der Waals surface area contributed by atoms with E-state index in [1.807, 2.05) is 63.2 Å². The third kappa shape index (κ3) is 7.56. The number of hydrogen-bond acceptors (Lipinski definition) is 6. The summed E-state index contributed by atoms with van der Waals surface area (Å²) in [5.74, 6) is 0.980. The van der Waals surface area contributed by atoms with Gasteiger partial charge in [-0.15, -0.1) is 0 Å². The summed E-state index contributed by atoms with van der Waals surface area (Å²) in [6.07, 6.45) is 0.891. The number of carbonyl (C=O) groups excluding carboxylic acids is 1. The van der Waals surface area contributed by atoms with Crippen LogP contribution in [0.1, 0.15) is 60.0 Å². The third-order valence-electron chi connectivity index (χ3n) is 9.54. The molecule has 0 unspecified atom stereocenters. The monoisotopic (exact) mass is 703 g/mol. The highest BCUT2D eigenvalue weighted by Gasteiger charge is 2.38. The van der Waals surface area contributed by atoms with Crippen LogP contribution in [0.4, 0.5) is 5.82 Å². The number of rotatable bonds is 14. The molecule has 2 heterocycles. The molecule has 0 fully saturated rings. The minimum absolute atomic E-state index is 0.214. The molecule has 0 radical (unpaired) electrons. The number of aromatic nitrogens is 3. The van der Waals surface area contributed by atoms with Gasteiger partial charge in [-0.2, -0.15) is 0 Å². The SMILES string of the molecule is CCOCc1nc2c(NC(c3ccccc3)(c3ccccc3)c3ccccc3)nc3cc(Cc4ccc(CC(N)=O)cc4)ccc3c2n1CC(C)(C)O. The number of amides is 1. The van der Waals surface area contributed by atoms with Crippen LogP contribution >= 0.6 is 0 Å². The number of ether oxygens (including phenoxy) is 1. The van der Waals surface area contributed by atoms with Gasteiger partial charge in [0.2, 0.25) is 5.91 Å². The van der Waals surface area contributed by atoms with Crippen molar-refractivity contribution in [2.75, 3.05) is 11.9 Å². The number of nitrogens with one attached hydrogen (secondary N) is 1. The Morgan fingerprint density at radius 3 is 1.85 bits per heavy atom. The average Bonchev–Trinajstić information content (AvgIpc) is 3.51. The summed E-state index contributed by atoms with van der Waals surface area (Å²) in [6, 6.07) is 45.7. The summed E-state index contributed by atoms with van der Waals surface area (Å²) in [7, 11) is 0. The van der Waals surface area contributed by atoms with E-state index in [0.29, 0.717) is 36.7 Å². The number of nitrogens with zero attached hydrogens (tertiary/aromatic N) is 3. The van der Waals surface area contributed by atoms with Gasteiger partial charge in [0, 0.05) is 12.0 Å². The van der Waals surface area contributed by atoms with Crippen LogP contribution in [0, 0.1) is 0 Å². The van der Waals surface area contributed by atoms with E-state index in [1.54, 1.807) is 0 Å². The summed E-state index contributed by atoms with van der Waals surface area (Å²) in [4.78, 5) is 22.1. The van der Waals surface area contributed by atoms with Gasteiger partial charge in [0.05, 0.1) is 29.6 Å². The first-order valence-electron chi connectivity index (χ1n) is 18.1. The molecule has 53 heavy (non-hydrogen) atoms. The van der Waals surface area contributed by atoms with Crippen molar-refractivity contribution in [1.82, 2.24) is 14.5 Å². The van der Waals surface area contributed by atoms with Crippen LogP contribution in [0.15, 0.2) is 133 Å². The van der Waals surface area contributed by atoms with Gasteiger partial charge in [0.1, 0.15) is 23.5 Å². The minimum atomic E-state index is -1.03. The Bertz CT molecular complexity index is 2240. The van der Waals surface area contributed by atoms with Gasteiger partial charge in [-0.1, -0.05) is 127 Å². The summed E-state index contributed by atoms with van der Waals surface area (Å²) in [5.41, 5.74) is 12.1. The Kier molecular flexibility index (Phi) is 10.1. The van der Waals surface area contributed by atoms with Crippen LogP contribution in [0.25, 0.3) is 21.9 Å². The maximum atomic E-state index is 11.5. The second-order valence-electron chi connectivity index (χ2n) is 14.2. The molecule has 5 aromatic carbocycles. The Morgan fingerprint density at radius 2 is 1.32 bits per heavy atom. The van der Waals surface area contributed by atoms with Crippen LogP contribution in [-0.4, -0.2) is 37.8 Å². The average molecular weight is 704 g/mol. The fourth-order valence-electron chi connectivity index (χ4n) is 7.21. The van der Waals surface area contributed by atoms with Gasteiger partial charge in [-0.05, 0) is 66.6 Å². The van der Waals surface area contributed by atoms with Crippen molar-refractivity contribution in [1.29, 1.82) is 0 Å². The largest absolute Gasteiger partial charge is 0.389 e. The number of aliphatic hydroxyl groups is 1. The van der Waals surface area contributed by atoms with Crippen molar-refractivity contribution >= 4 is 33.7 Å². The first-order valence-corrected chi connectivity index (χ1v) is 18.1. The van der Waals surface area contributed by atoms with E-state index in [-0.39, 0.29) is 18.9 Å². The third-order valence-corrected chi connectivity index (χ3v) is 9.54. The smallest absolute Gasteiger partial charge is 0.221 e. The summed E-state index contributed by atoms with van der Waals surface area (Å²) < 4.78 is 8.04. The lowest BCUT2D eigenvalue weighted by Gasteiger charge is -2.37. The Hall–Kier alpha value is -5.83. The first kappa shape index (κ1) is 35.6. The second-order valence-corrected chi connectivity index (χ2v) is 14.2. The molecule has 0 bridgehead atoms. The van der Waals surface area contributed by atoms with Gasteiger partial charge in [0.25, 0.3) is 0 Å². The standard InChI is InChI=1S/C45H45N5O3/c1-4-53-29-40-48-41-42(50(40)30-44(2,3)52)37-25-24-33(26-31-20-22-32(23-21-31)28-39(46)51)27-38(37)47-43(41)49-45(34-14-8-5-9-15-34,35-16-10-6-11-17-35)36-18-12-7-13-19-36/h5-25,27,52H,4,26,28-30H2,1-3H3,(H2,46,51)(H,47,49). The summed E-state index contributed by atoms with van der Waals surface area (Å²) in [5, 5.41) is 16.1. The molecule has 0 aliphatic carbocycles. The molecule has 7 rings (SSSR count). The van der Waals surface area contributed by atoms with E-state index in [1.165, 1.54) is 0 Å². The molecular formula is C45H45N5O3. The number of anilines is 1. The molecule has 4 N–H and O–H groups in total. The summed E-state index contributed by atoms with van der Waals surface area (Å²) >= 11 is 0. The predicted octanol–water partition coefficient (Wildman–Crippen LogP) is 7.91. The van der Waals surface area contributed by atoms with Crippen LogP contribution in [0.3, 0.4) is 0 Å². The van der Waals surface area contributed by atoms with Gasteiger partial charge in [-0.25, -0.2) is 9.97 Å². The first-order chi connectivity index (χ1) is 25.6. The van der Waals surface area contributed by atoms with Crippen molar-refractivity contribution in [3.8, 4) is 0 Å². The molecule has 268 valence electrons. The minimum Gasteiger partial charge on any atom is -0.389 e. The van der Waals surface area contributed by atoms with E-state index < -0.39 is 11.1 Å². The van der Waals surface area contributed by atoms with Crippen LogP contribution < -0.4 is 11.1 Å². The van der Waals surface area contributed by atoms with Crippen molar-refractivity contribution in [3.05, 3.63) is 173 Å². The molecule has 0 aliphatic rings. The zero-order valence-electron chi connectivity index (χ0n) is 30.4. The molecule has 0 spiro atoms.